The molecular weight excluding hydrogens is 449 g/mol. The molecule has 0 spiro atoms. The van der Waals surface area contributed by atoms with Crippen molar-refractivity contribution in [1.82, 2.24) is 25.8 Å². The van der Waals surface area contributed by atoms with Crippen LogP contribution in [0.3, 0.4) is 0 Å². The highest BCUT2D eigenvalue weighted by Crippen LogP contribution is 2.38. The summed E-state index contributed by atoms with van der Waals surface area (Å²) in [6.07, 6.45) is 8.28. The maximum Gasteiger partial charge on any atom is 0.234 e. The third kappa shape index (κ3) is 5.74. The van der Waals surface area contributed by atoms with E-state index in [1.165, 1.54) is 37.0 Å². The van der Waals surface area contributed by atoms with Crippen LogP contribution < -0.4 is 16.0 Å². The van der Waals surface area contributed by atoms with E-state index in [-0.39, 0.29) is 36.5 Å². The monoisotopic (exact) mass is 487 g/mol. The van der Waals surface area contributed by atoms with Crippen LogP contribution >= 0.6 is 0 Å². The minimum absolute atomic E-state index is 0.0971. The van der Waals surface area contributed by atoms with Gasteiger partial charge in [0.25, 0.3) is 0 Å². The molecule has 0 bridgehead atoms. The third-order valence-corrected chi connectivity index (χ3v) is 7.80. The number of β-amino-alcohol motifs (C(OH)–C–C–N with tert-alkyl or cyclic N) is 1. The van der Waals surface area contributed by atoms with Crippen molar-refractivity contribution < 1.29 is 19.1 Å². The average molecular weight is 488 g/mol. The van der Waals surface area contributed by atoms with Gasteiger partial charge in [-0.1, -0.05) is 19.3 Å². The molecule has 3 fully saturated rings. The summed E-state index contributed by atoms with van der Waals surface area (Å²) in [5.74, 6) is 0.348. The number of carbonyl (C=O) groups is 2. The minimum atomic E-state index is -0.308. The van der Waals surface area contributed by atoms with E-state index in [9.17, 15) is 19.1 Å². The predicted octanol–water partition coefficient (Wildman–Crippen LogP) is 1.51. The predicted molar refractivity (Wildman–Crippen MR) is 134 cm³/mol. The number of amides is 1. The van der Waals surface area contributed by atoms with Crippen molar-refractivity contribution in [3.05, 3.63) is 35.8 Å². The summed E-state index contributed by atoms with van der Waals surface area (Å²) in [7, 11) is 3.78. The fraction of sp³-hybridized carbons (Fsp3) is 0.615. The number of aliphatic hydroxyl groups is 1. The number of aliphatic hydroxyl groups excluding tert-OH is 1. The van der Waals surface area contributed by atoms with Gasteiger partial charge >= 0.3 is 0 Å². The van der Waals surface area contributed by atoms with Crippen molar-refractivity contribution in [2.24, 2.45) is 5.92 Å². The number of halogens is 1. The van der Waals surface area contributed by atoms with E-state index in [0.29, 0.717) is 24.4 Å². The number of hydrogen-bond acceptors (Lipinski definition) is 6. The molecule has 1 saturated carbocycles. The molecule has 8 nitrogen and oxygen atoms in total. The first-order valence-corrected chi connectivity index (χ1v) is 12.7. The largest absolute Gasteiger partial charge is 0.390 e. The second-order valence-corrected chi connectivity index (χ2v) is 10.1. The van der Waals surface area contributed by atoms with E-state index in [0.717, 1.165) is 36.6 Å². The summed E-state index contributed by atoms with van der Waals surface area (Å²) in [5.41, 5.74) is 2.05. The summed E-state index contributed by atoms with van der Waals surface area (Å²) in [6, 6.07) is 5.03. The number of fused-ring (bicyclic) bond motifs is 2. The first-order valence-electron chi connectivity index (χ1n) is 12.7. The van der Waals surface area contributed by atoms with Gasteiger partial charge in [0, 0.05) is 42.1 Å². The van der Waals surface area contributed by atoms with E-state index < -0.39 is 0 Å². The van der Waals surface area contributed by atoms with Gasteiger partial charge < -0.3 is 30.8 Å². The van der Waals surface area contributed by atoms with E-state index in [4.69, 9.17) is 0 Å². The van der Waals surface area contributed by atoms with Crippen LogP contribution in [0.4, 0.5) is 4.39 Å². The molecule has 2 unspecified atom stereocenters. The topological polar surface area (TPSA) is 109 Å². The van der Waals surface area contributed by atoms with Crippen molar-refractivity contribution >= 4 is 23.1 Å². The lowest BCUT2D eigenvalue weighted by Crippen LogP contribution is -2.45. The molecule has 5 N–H and O–H groups in total. The number of benzene rings is 1. The van der Waals surface area contributed by atoms with E-state index in [2.05, 4.69) is 32.9 Å². The van der Waals surface area contributed by atoms with Crippen molar-refractivity contribution in [2.75, 3.05) is 33.7 Å². The van der Waals surface area contributed by atoms with Crippen LogP contribution in [0, 0.1) is 11.7 Å². The van der Waals surface area contributed by atoms with Gasteiger partial charge in [0.2, 0.25) is 5.91 Å². The van der Waals surface area contributed by atoms with E-state index in [1.54, 1.807) is 7.05 Å². The Kier molecular flexibility index (Phi) is 8.54. The Hall–Kier alpha value is -2.33. The molecule has 35 heavy (non-hydrogen) atoms. The zero-order valence-electron chi connectivity index (χ0n) is 20.6. The zero-order valence-corrected chi connectivity index (χ0v) is 20.6. The average Bonchev–Trinajstić information content (AvgIpc) is 3.54. The van der Waals surface area contributed by atoms with Gasteiger partial charge in [0.15, 0.2) is 0 Å². The van der Waals surface area contributed by atoms with Gasteiger partial charge in [0.1, 0.15) is 12.1 Å². The smallest absolute Gasteiger partial charge is 0.234 e. The SMILES string of the molecule is CN1CC(O)[C@H]2NC[C@H](c3c[nH]c4cc(F)ccc34)[C@H]21.CNCC(=O)NC(C=O)C1CCCCC1. The highest BCUT2D eigenvalue weighted by atomic mass is 19.1. The van der Waals surface area contributed by atoms with Gasteiger partial charge in [-0.3, -0.25) is 9.69 Å². The number of H-pyrrole nitrogens is 1. The lowest BCUT2D eigenvalue weighted by molar-refractivity contribution is -0.124. The molecule has 192 valence electrons. The zero-order chi connectivity index (χ0) is 24.9. The van der Waals surface area contributed by atoms with Crippen LogP contribution in [0.25, 0.3) is 10.9 Å². The molecule has 1 aliphatic carbocycles. The molecule has 3 aliphatic rings. The Morgan fingerprint density at radius 3 is 2.80 bits per heavy atom. The number of aromatic amines is 1. The minimum Gasteiger partial charge on any atom is -0.390 e. The van der Waals surface area contributed by atoms with Crippen LogP contribution in [-0.4, -0.2) is 85.1 Å². The molecule has 1 aromatic carbocycles. The lowest BCUT2D eigenvalue weighted by atomic mass is 9.84. The number of nitrogens with one attached hydrogen (secondary N) is 4. The Labute approximate surface area is 206 Å². The highest BCUT2D eigenvalue weighted by Gasteiger charge is 2.48. The molecule has 2 aliphatic heterocycles. The molecule has 5 rings (SSSR count). The molecule has 0 radical (unpaired) electrons. The number of rotatable bonds is 6. The third-order valence-electron chi connectivity index (χ3n) is 7.80. The Balaban J connectivity index is 0.000000174. The normalized spacial score (nSPS) is 27.8. The van der Waals surface area contributed by atoms with Crippen LogP contribution in [0.5, 0.6) is 0 Å². The Bertz CT molecular complexity index is 1010. The van der Waals surface area contributed by atoms with Gasteiger partial charge in [-0.05, 0) is 56.6 Å². The summed E-state index contributed by atoms with van der Waals surface area (Å²) < 4.78 is 13.3. The summed E-state index contributed by atoms with van der Waals surface area (Å²) in [5, 5.41) is 20.1. The van der Waals surface area contributed by atoms with Gasteiger partial charge in [0.05, 0.1) is 24.7 Å². The molecule has 9 heteroatoms. The number of hydrogen-bond donors (Lipinski definition) is 5. The van der Waals surface area contributed by atoms with Crippen LogP contribution in [0.15, 0.2) is 24.4 Å². The van der Waals surface area contributed by atoms with Gasteiger partial charge in [-0.2, -0.15) is 0 Å². The molecule has 1 aromatic heterocycles. The van der Waals surface area contributed by atoms with E-state index >= 15 is 0 Å². The lowest BCUT2D eigenvalue weighted by Gasteiger charge is -2.27. The quantitative estimate of drug-likeness (QED) is 0.395. The van der Waals surface area contributed by atoms with E-state index in [1.807, 2.05) is 12.3 Å². The van der Waals surface area contributed by atoms with Crippen molar-refractivity contribution in [3.8, 4) is 0 Å². The molecule has 5 atom stereocenters. The number of aldehydes is 1. The number of nitrogens with zero attached hydrogens (tertiary/aromatic N) is 1. The summed E-state index contributed by atoms with van der Waals surface area (Å²) in [6.45, 7) is 1.83. The van der Waals surface area contributed by atoms with Crippen molar-refractivity contribution in [3.63, 3.8) is 0 Å². The first kappa shape index (κ1) is 25.8. The number of likely N-dealkylation sites (N-methyl/N-ethyl adjacent to an activating group) is 2. The van der Waals surface area contributed by atoms with Crippen molar-refractivity contribution in [1.29, 1.82) is 0 Å². The first-order chi connectivity index (χ1) is 16.9. The number of likely N-dealkylation sites (tertiary alicyclic amines) is 1. The standard InChI is InChI=1S/C15H18FN3O.C11H20N2O2/c1-19-7-13(20)14-15(19)11(6-18-14)10-5-17-12-4-8(16)2-3-9(10)12;1-12-7-11(15)13-10(8-14)9-5-3-2-4-6-9/h2-5,11,13-15,17-18,20H,6-7H2,1H3;8-10,12H,2-7H2,1H3,(H,13,15)/t11-,13?,14-,15-;/m1./s1. The number of carbonyl (C=O) groups excluding carboxylic acids is 2. The highest BCUT2D eigenvalue weighted by molar-refractivity contribution is 5.84. The second-order valence-electron chi connectivity index (χ2n) is 10.1. The summed E-state index contributed by atoms with van der Waals surface area (Å²) >= 11 is 0. The molecular formula is C26H38FN5O3. The van der Waals surface area contributed by atoms with Crippen LogP contribution in [0.2, 0.25) is 0 Å². The maximum absolute atomic E-state index is 13.3. The number of aromatic nitrogens is 1. The summed E-state index contributed by atoms with van der Waals surface area (Å²) in [4.78, 5) is 27.6. The molecule has 2 aromatic rings. The molecule has 2 saturated heterocycles. The van der Waals surface area contributed by atoms with Crippen LogP contribution in [-0.2, 0) is 9.59 Å². The van der Waals surface area contributed by atoms with Gasteiger partial charge in [-0.25, -0.2) is 4.39 Å². The molecule has 3 heterocycles. The van der Waals surface area contributed by atoms with Crippen LogP contribution in [0.1, 0.15) is 43.6 Å². The second kappa shape index (κ2) is 11.6. The fourth-order valence-electron chi connectivity index (χ4n) is 6.11. The molecule has 1 amide bonds. The fourth-order valence-corrected chi connectivity index (χ4v) is 6.11. The Morgan fingerprint density at radius 1 is 1.31 bits per heavy atom. The van der Waals surface area contributed by atoms with Crippen molar-refractivity contribution in [2.45, 2.75) is 62.3 Å². The Morgan fingerprint density at radius 2 is 2.09 bits per heavy atom. The van der Waals surface area contributed by atoms with Gasteiger partial charge in [-0.15, -0.1) is 0 Å². The maximum atomic E-state index is 13.3.